The first-order valence-corrected chi connectivity index (χ1v) is 12.6. The molecule has 5 rings (SSSR count). The maximum absolute atomic E-state index is 15.2. The van der Waals surface area contributed by atoms with Crippen LogP contribution >= 0.6 is 0 Å². The van der Waals surface area contributed by atoms with Crippen molar-refractivity contribution in [2.45, 2.75) is 51.9 Å². The molecule has 12 heteroatoms. The largest absolute Gasteiger partial charge is 0.350 e. The van der Waals surface area contributed by atoms with Gasteiger partial charge in [-0.1, -0.05) is 6.92 Å². The van der Waals surface area contributed by atoms with Crippen LogP contribution in [0.3, 0.4) is 0 Å². The minimum Gasteiger partial charge on any atom is -0.350 e. The predicted molar refractivity (Wildman–Crippen MR) is 135 cm³/mol. The molecular formula is C26H28F4N6O2. The van der Waals surface area contributed by atoms with Gasteiger partial charge in [0.2, 0.25) is 11.9 Å². The highest BCUT2D eigenvalue weighted by molar-refractivity contribution is 5.95. The fourth-order valence-electron chi connectivity index (χ4n) is 4.85. The van der Waals surface area contributed by atoms with E-state index >= 15 is 4.39 Å². The summed E-state index contributed by atoms with van der Waals surface area (Å²) in [5.74, 6) is -4.91. The van der Waals surface area contributed by atoms with Crippen molar-refractivity contribution in [2.75, 3.05) is 23.7 Å². The van der Waals surface area contributed by atoms with Crippen molar-refractivity contribution < 1.29 is 22.4 Å². The molecule has 1 aliphatic heterocycles. The second-order valence-electron chi connectivity index (χ2n) is 10.3. The van der Waals surface area contributed by atoms with E-state index in [0.29, 0.717) is 24.4 Å². The number of hydrogen-bond acceptors (Lipinski definition) is 6. The summed E-state index contributed by atoms with van der Waals surface area (Å²) >= 11 is 0. The molecule has 1 aliphatic carbocycles. The lowest BCUT2D eigenvalue weighted by atomic mass is 10.0. The summed E-state index contributed by atoms with van der Waals surface area (Å²) in [6, 6.07) is 1.28. The van der Waals surface area contributed by atoms with Crippen LogP contribution in [0.2, 0.25) is 0 Å². The number of carbonyl (C=O) groups excluding carboxylic acids is 1. The van der Waals surface area contributed by atoms with Gasteiger partial charge in [-0.2, -0.15) is 4.98 Å². The van der Waals surface area contributed by atoms with Crippen LogP contribution in [0.25, 0.3) is 22.2 Å². The molecule has 2 aliphatic rings. The van der Waals surface area contributed by atoms with Crippen molar-refractivity contribution in [2.24, 2.45) is 11.8 Å². The van der Waals surface area contributed by atoms with E-state index in [9.17, 15) is 22.8 Å². The fourth-order valence-corrected chi connectivity index (χ4v) is 4.85. The molecule has 1 saturated heterocycles. The van der Waals surface area contributed by atoms with Crippen LogP contribution in [0.4, 0.5) is 29.2 Å². The van der Waals surface area contributed by atoms with E-state index in [4.69, 9.17) is 0 Å². The van der Waals surface area contributed by atoms with E-state index < -0.39 is 52.4 Å². The van der Waals surface area contributed by atoms with E-state index in [0.717, 1.165) is 0 Å². The third kappa shape index (κ3) is 4.84. The Hall–Kier alpha value is -3.54. The molecule has 3 aromatic rings. The number of nitrogens with one attached hydrogen (secondary N) is 3. The summed E-state index contributed by atoms with van der Waals surface area (Å²) in [7, 11) is 0. The first kappa shape index (κ1) is 26.1. The molecule has 3 heterocycles. The van der Waals surface area contributed by atoms with Crippen molar-refractivity contribution >= 4 is 28.6 Å². The molecule has 1 aromatic carbocycles. The zero-order valence-corrected chi connectivity index (χ0v) is 21.1. The fraction of sp³-hybridized carbons (Fsp3) is 0.462. The third-order valence-corrected chi connectivity index (χ3v) is 7.06. The summed E-state index contributed by atoms with van der Waals surface area (Å²) in [5, 5.41) is 8.52. The lowest BCUT2D eigenvalue weighted by molar-refractivity contribution is -0.117. The van der Waals surface area contributed by atoms with Crippen molar-refractivity contribution in [1.82, 2.24) is 19.9 Å². The Balaban J connectivity index is 1.55. The SMILES string of the molecule is CC(C)n1c(=O)c(-c2cc(F)c(NC(=O)[C@H]3C[C@H]3C)c(F)c2F)cc2cnc(N[C@@H]3CNC[C@@H](F)C3)nc21. The van der Waals surface area contributed by atoms with Gasteiger partial charge in [-0.15, -0.1) is 0 Å². The molecule has 2 fully saturated rings. The van der Waals surface area contributed by atoms with Gasteiger partial charge < -0.3 is 16.0 Å². The molecule has 38 heavy (non-hydrogen) atoms. The molecule has 2 aromatic heterocycles. The van der Waals surface area contributed by atoms with Crippen LogP contribution in [-0.4, -0.2) is 45.7 Å². The van der Waals surface area contributed by atoms with E-state index in [1.807, 2.05) is 6.92 Å². The molecule has 0 bridgehead atoms. The van der Waals surface area contributed by atoms with Crippen molar-refractivity contribution in [3.8, 4) is 11.1 Å². The minimum absolute atomic E-state index is 0.0928. The first-order chi connectivity index (χ1) is 18.0. The molecule has 4 atom stereocenters. The average molecular weight is 533 g/mol. The van der Waals surface area contributed by atoms with E-state index in [2.05, 4.69) is 25.9 Å². The zero-order valence-electron chi connectivity index (χ0n) is 21.1. The van der Waals surface area contributed by atoms with Crippen LogP contribution < -0.4 is 21.5 Å². The lowest BCUT2D eigenvalue weighted by Crippen LogP contribution is -2.44. The molecule has 0 spiro atoms. The number of benzene rings is 1. The van der Waals surface area contributed by atoms with Crippen molar-refractivity contribution in [3.63, 3.8) is 0 Å². The molecule has 1 amide bonds. The highest BCUT2D eigenvalue weighted by Crippen LogP contribution is 2.39. The molecule has 3 N–H and O–H groups in total. The topological polar surface area (TPSA) is 101 Å². The summed E-state index contributed by atoms with van der Waals surface area (Å²) in [4.78, 5) is 34.4. The summed E-state index contributed by atoms with van der Waals surface area (Å²) in [6.45, 7) is 6.05. The highest BCUT2D eigenvalue weighted by Gasteiger charge is 2.40. The van der Waals surface area contributed by atoms with Gasteiger partial charge in [0.15, 0.2) is 17.5 Å². The van der Waals surface area contributed by atoms with Gasteiger partial charge in [0.25, 0.3) is 5.56 Å². The van der Waals surface area contributed by atoms with E-state index in [-0.39, 0.29) is 48.0 Å². The molecule has 202 valence electrons. The Morgan fingerprint density at radius 3 is 2.53 bits per heavy atom. The number of nitrogens with zero attached hydrogens (tertiary/aromatic N) is 3. The zero-order chi connectivity index (χ0) is 27.3. The van der Waals surface area contributed by atoms with Gasteiger partial charge in [0, 0.05) is 54.7 Å². The van der Waals surface area contributed by atoms with Crippen LogP contribution in [0.15, 0.2) is 23.1 Å². The van der Waals surface area contributed by atoms with Crippen LogP contribution in [-0.2, 0) is 4.79 Å². The number of hydrogen-bond donors (Lipinski definition) is 3. The lowest BCUT2D eigenvalue weighted by Gasteiger charge is -2.26. The molecule has 8 nitrogen and oxygen atoms in total. The number of anilines is 2. The van der Waals surface area contributed by atoms with Gasteiger partial charge in [-0.3, -0.25) is 14.2 Å². The Bertz CT molecular complexity index is 1480. The number of carbonyl (C=O) groups is 1. The second-order valence-corrected chi connectivity index (χ2v) is 10.3. The Morgan fingerprint density at radius 2 is 1.87 bits per heavy atom. The van der Waals surface area contributed by atoms with Crippen LogP contribution in [0.5, 0.6) is 0 Å². The number of alkyl halides is 1. The molecular weight excluding hydrogens is 504 g/mol. The third-order valence-electron chi connectivity index (χ3n) is 7.06. The van der Waals surface area contributed by atoms with Gasteiger partial charge in [0.05, 0.1) is 5.56 Å². The average Bonchev–Trinajstić information content (AvgIpc) is 3.60. The summed E-state index contributed by atoms with van der Waals surface area (Å²) < 4.78 is 60.1. The van der Waals surface area contributed by atoms with Gasteiger partial charge in [-0.25, -0.2) is 22.5 Å². The maximum atomic E-state index is 15.2. The van der Waals surface area contributed by atoms with Crippen molar-refractivity contribution in [3.05, 3.63) is 46.1 Å². The van der Waals surface area contributed by atoms with Gasteiger partial charge >= 0.3 is 0 Å². The molecule has 1 saturated carbocycles. The monoisotopic (exact) mass is 532 g/mol. The number of pyridine rings is 1. The van der Waals surface area contributed by atoms with Gasteiger partial charge in [-0.05, 0) is 38.3 Å². The quantitative estimate of drug-likeness (QED) is 0.326. The standard InChI is InChI=1S/C26H28F4N6O2/c1-11(2)36-23-13(8-32-26(35-23)33-15-6-14(27)9-31-10-15)5-18(25(36)38)17-7-19(28)22(21(30)20(17)29)34-24(37)16-4-12(16)3/h5,7-8,11-12,14-16,31H,4,6,9-10H2,1-3H3,(H,34,37)(H,32,33,35)/t12-,14+,15+,16+/m1/s1. The molecule has 0 unspecified atom stereocenters. The van der Waals surface area contributed by atoms with Crippen LogP contribution in [0, 0.1) is 29.3 Å². The smallest absolute Gasteiger partial charge is 0.260 e. The Labute approximate surface area is 215 Å². The Morgan fingerprint density at radius 1 is 1.13 bits per heavy atom. The number of halogens is 4. The first-order valence-electron chi connectivity index (χ1n) is 12.6. The summed E-state index contributed by atoms with van der Waals surface area (Å²) in [5.41, 5.74) is -2.22. The highest BCUT2D eigenvalue weighted by atomic mass is 19.2. The Kier molecular flexibility index (Phi) is 6.84. The number of aromatic nitrogens is 3. The van der Waals surface area contributed by atoms with Crippen LogP contribution in [0.1, 0.15) is 39.7 Å². The van der Waals surface area contributed by atoms with E-state index in [1.54, 1.807) is 13.8 Å². The second kappa shape index (κ2) is 9.97. The number of fused-ring (bicyclic) bond motifs is 1. The number of amides is 1. The maximum Gasteiger partial charge on any atom is 0.260 e. The normalized spacial score (nSPS) is 23.1. The van der Waals surface area contributed by atoms with Gasteiger partial charge in [0.1, 0.15) is 17.5 Å². The number of rotatable bonds is 6. The predicted octanol–water partition coefficient (Wildman–Crippen LogP) is 4.16. The van der Waals surface area contributed by atoms with Crippen molar-refractivity contribution in [1.29, 1.82) is 0 Å². The van der Waals surface area contributed by atoms with E-state index in [1.165, 1.54) is 16.8 Å². The summed E-state index contributed by atoms with van der Waals surface area (Å²) in [6.07, 6.45) is 1.27. The minimum atomic E-state index is -1.58. The number of piperidine rings is 1. The molecule has 0 radical (unpaired) electrons.